The van der Waals surface area contributed by atoms with E-state index in [9.17, 15) is 0 Å². The maximum atomic E-state index is 6.33. The fourth-order valence-corrected chi connectivity index (χ4v) is 3.10. The number of halogens is 1. The van der Waals surface area contributed by atoms with Gasteiger partial charge >= 0.3 is 0 Å². The fourth-order valence-electron chi connectivity index (χ4n) is 2.87. The average Bonchev–Trinajstić information content (AvgIpc) is 2.94. The van der Waals surface area contributed by atoms with E-state index in [-0.39, 0.29) is 0 Å². The van der Waals surface area contributed by atoms with Crippen molar-refractivity contribution < 1.29 is 0 Å². The summed E-state index contributed by atoms with van der Waals surface area (Å²) in [5.41, 5.74) is 6.12. The Labute approximate surface area is 133 Å². The quantitative estimate of drug-likeness (QED) is 0.471. The van der Waals surface area contributed by atoms with Crippen LogP contribution >= 0.6 is 11.6 Å². The largest absolute Gasteiger partial charge is 0.298 e. The van der Waals surface area contributed by atoms with Gasteiger partial charge in [0.1, 0.15) is 11.8 Å². The van der Waals surface area contributed by atoms with Gasteiger partial charge in [0.15, 0.2) is 5.15 Å². The third kappa shape index (κ3) is 1.90. The maximum Gasteiger partial charge on any atom is 0.157 e. The Morgan fingerprint density at radius 1 is 1.05 bits per heavy atom. The molecule has 0 saturated carbocycles. The van der Waals surface area contributed by atoms with Crippen LogP contribution in [0.4, 0.5) is 0 Å². The molecule has 0 amide bonds. The van der Waals surface area contributed by atoms with Crippen molar-refractivity contribution in [3.05, 3.63) is 65.1 Å². The number of pyridine rings is 1. The Hall–Kier alpha value is -2.39. The lowest BCUT2D eigenvalue weighted by molar-refractivity contribution is 1.08. The number of hydrogen-bond donors (Lipinski definition) is 0. The molecule has 2 heterocycles. The minimum atomic E-state index is 0.443. The Morgan fingerprint density at radius 3 is 2.68 bits per heavy atom. The van der Waals surface area contributed by atoms with E-state index in [0.717, 1.165) is 27.6 Å². The second kappa shape index (κ2) is 4.82. The SMILES string of the molecule is Cc1ccc2nc(Cl)c3ncn(-c4ccccc4C)c3c2c1. The summed E-state index contributed by atoms with van der Waals surface area (Å²) in [6.45, 7) is 4.17. The van der Waals surface area contributed by atoms with E-state index in [0.29, 0.717) is 5.15 Å². The topological polar surface area (TPSA) is 30.7 Å². The van der Waals surface area contributed by atoms with Crippen molar-refractivity contribution in [2.24, 2.45) is 0 Å². The minimum Gasteiger partial charge on any atom is -0.298 e. The van der Waals surface area contributed by atoms with Crippen molar-refractivity contribution in [1.82, 2.24) is 14.5 Å². The van der Waals surface area contributed by atoms with Crippen LogP contribution in [0.25, 0.3) is 27.6 Å². The lowest BCUT2D eigenvalue weighted by Crippen LogP contribution is -1.96. The molecule has 0 fully saturated rings. The average molecular weight is 308 g/mol. The number of aromatic nitrogens is 3. The molecule has 0 radical (unpaired) electrons. The van der Waals surface area contributed by atoms with Crippen LogP contribution in [0.15, 0.2) is 48.8 Å². The van der Waals surface area contributed by atoms with Crippen molar-refractivity contribution >= 4 is 33.5 Å². The predicted octanol–water partition coefficient (Wildman–Crippen LogP) is 4.84. The van der Waals surface area contributed by atoms with E-state index in [1.165, 1.54) is 11.1 Å². The number of fused-ring (bicyclic) bond motifs is 3. The zero-order chi connectivity index (χ0) is 15.3. The number of hydrogen-bond acceptors (Lipinski definition) is 2. The number of benzene rings is 2. The summed E-state index contributed by atoms with van der Waals surface area (Å²) in [4.78, 5) is 8.95. The van der Waals surface area contributed by atoms with Gasteiger partial charge in [0.2, 0.25) is 0 Å². The Bertz CT molecular complexity index is 1020. The first-order chi connectivity index (χ1) is 10.6. The second-order valence-corrected chi connectivity index (χ2v) is 5.88. The summed E-state index contributed by atoms with van der Waals surface area (Å²) < 4.78 is 2.10. The molecule has 2 aromatic carbocycles. The van der Waals surface area contributed by atoms with Crippen LogP contribution in [-0.2, 0) is 0 Å². The van der Waals surface area contributed by atoms with E-state index in [4.69, 9.17) is 11.6 Å². The first-order valence-electron chi connectivity index (χ1n) is 7.14. The highest BCUT2D eigenvalue weighted by atomic mass is 35.5. The first kappa shape index (κ1) is 13.3. The van der Waals surface area contributed by atoms with Gasteiger partial charge in [-0.3, -0.25) is 4.57 Å². The van der Waals surface area contributed by atoms with Crippen LogP contribution in [0, 0.1) is 13.8 Å². The van der Waals surface area contributed by atoms with Crippen molar-refractivity contribution in [3.8, 4) is 5.69 Å². The monoisotopic (exact) mass is 307 g/mol. The number of para-hydroxylation sites is 1. The van der Waals surface area contributed by atoms with E-state index in [2.05, 4.69) is 46.6 Å². The highest BCUT2D eigenvalue weighted by Gasteiger charge is 2.14. The summed E-state index contributed by atoms with van der Waals surface area (Å²) >= 11 is 6.33. The first-order valence-corrected chi connectivity index (χ1v) is 7.52. The van der Waals surface area contributed by atoms with Crippen LogP contribution in [0.2, 0.25) is 5.15 Å². The lowest BCUT2D eigenvalue weighted by Gasteiger charge is -2.10. The summed E-state index contributed by atoms with van der Waals surface area (Å²) in [6, 6.07) is 14.4. The molecular formula is C18H14ClN3. The van der Waals surface area contributed by atoms with Gasteiger partial charge in [0.05, 0.1) is 16.7 Å². The molecule has 0 aliphatic carbocycles. The second-order valence-electron chi connectivity index (χ2n) is 5.52. The van der Waals surface area contributed by atoms with Crippen LogP contribution in [0.5, 0.6) is 0 Å². The van der Waals surface area contributed by atoms with Crippen molar-refractivity contribution in [3.63, 3.8) is 0 Å². The van der Waals surface area contributed by atoms with Gasteiger partial charge in [0, 0.05) is 5.39 Å². The van der Waals surface area contributed by atoms with Crippen LogP contribution in [-0.4, -0.2) is 14.5 Å². The predicted molar refractivity (Wildman–Crippen MR) is 90.9 cm³/mol. The molecule has 0 bridgehead atoms. The van der Waals surface area contributed by atoms with E-state index in [1.54, 1.807) is 0 Å². The van der Waals surface area contributed by atoms with Crippen LogP contribution in [0.1, 0.15) is 11.1 Å². The van der Waals surface area contributed by atoms with Crippen LogP contribution < -0.4 is 0 Å². The number of rotatable bonds is 1. The van der Waals surface area contributed by atoms with Gasteiger partial charge in [0.25, 0.3) is 0 Å². The Kier molecular flexibility index (Phi) is 2.91. The van der Waals surface area contributed by atoms with Crippen molar-refractivity contribution in [2.75, 3.05) is 0 Å². The zero-order valence-corrected chi connectivity index (χ0v) is 13.1. The molecule has 0 aliphatic heterocycles. The molecule has 4 rings (SSSR count). The molecule has 4 aromatic rings. The molecule has 108 valence electrons. The minimum absolute atomic E-state index is 0.443. The Balaban J connectivity index is 2.19. The van der Waals surface area contributed by atoms with E-state index in [1.807, 2.05) is 30.6 Å². The van der Waals surface area contributed by atoms with Gasteiger partial charge < -0.3 is 0 Å². The molecule has 0 unspecified atom stereocenters. The Morgan fingerprint density at radius 2 is 1.86 bits per heavy atom. The molecule has 2 aromatic heterocycles. The summed E-state index contributed by atoms with van der Waals surface area (Å²) in [5.74, 6) is 0. The molecule has 0 spiro atoms. The highest BCUT2D eigenvalue weighted by Crippen LogP contribution is 2.31. The van der Waals surface area contributed by atoms with Crippen molar-refractivity contribution in [2.45, 2.75) is 13.8 Å². The summed E-state index contributed by atoms with van der Waals surface area (Å²) in [7, 11) is 0. The number of nitrogens with zero attached hydrogens (tertiary/aromatic N) is 3. The molecule has 4 heteroatoms. The van der Waals surface area contributed by atoms with E-state index < -0.39 is 0 Å². The molecule has 0 atom stereocenters. The number of imidazole rings is 1. The molecule has 0 N–H and O–H groups in total. The van der Waals surface area contributed by atoms with Gasteiger partial charge in [-0.05, 0) is 37.6 Å². The highest BCUT2D eigenvalue weighted by molar-refractivity contribution is 6.35. The van der Waals surface area contributed by atoms with Gasteiger partial charge in [-0.2, -0.15) is 0 Å². The molecule has 3 nitrogen and oxygen atoms in total. The summed E-state index contributed by atoms with van der Waals surface area (Å²) in [6.07, 6.45) is 1.82. The van der Waals surface area contributed by atoms with Gasteiger partial charge in [-0.25, -0.2) is 9.97 Å². The van der Waals surface area contributed by atoms with E-state index >= 15 is 0 Å². The van der Waals surface area contributed by atoms with Crippen molar-refractivity contribution in [1.29, 1.82) is 0 Å². The van der Waals surface area contributed by atoms with Crippen LogP contribution in [0.3, 0.4) is 0 Å². The third-order valence-corrected chi connectivity index (χ3v) is 4.23. The lowest BCUT2D eigenvalue weighted by atomic mass is 10.1. The fraction of sp³-hybridized carbons (Fsp3) is 0.111. The smallest absolute Gasteiger partial charge is 0.157 e. The molecule has 0 aliphatic rings. The summed E-state index contributed by atoms with van der Waals surface area (Å²) in [5, 5.41) is 1.51. The normalized spacial score (nSPS) is 11.4. The van der Waals surface area contributed by atoms with Gasteiger partial charge in [-0.15, -0.1) is 0 Å². The number of aryl methyl sites for hydroxylation is 2. The maximum absolute atomic E-state index is 6.33. The standard InChI is InChI=1S/C18H14ClN3/c1-11-7-8-14-13(9-11)17-16(18(19)21-14)20-10-22(17)15-6-4-3-5-12(15)2/h3-10H,1-2H3. The zero-order valence-electron chi connectivity index (χ0n) is 12.3. The van der Waals surface area contributed by atoms with Gasteiger partial charge in [-0.1, -0.05) is 41.4 Å². The molecule has 22 heavy (non-hydrogen) atoms. The third-order valence-electron chi connectivity index (χ3n) is 3.96. The molecule has 0 saturated heterocycles. The molecular weight excluding hydrogens is 294 g/mol.